The Morgan fingerprint density at radius 3 is 2.65 bits per heavy atom. The molecule has 1 saturated heterocycles. The SMILES string of the molecule is C=Cn1cc(CNCC(C)(C)N2CCN(C)CC2)cn1. The van der Waals surface area contributed by atoms with E-state index in [0.29, 0.717) is 0 Å². The van der Waals surface area contributed by atoms with Crippen LogP contribution in [-0.2, 0) is 6.54 Å². The van der Waals surface area contributed by atoms with Gasteiger partial charge in [-0.25, -0.2) is 4.68 Å². The van der Waals surface area contributed by atoms with Gasteiger partial charge in [0.25, 0.3) is 0 Å². The third-order valence-corrected chi connectivity index (χ3v) is 4.09. The molecule has 1 aromatic heterocycles. The molecule has 0 atom stereocenters. The Morgan fingerprint density at radius 2 is 2.05 bits per heavy atom. The van der Waals surface area contributed by atoms with Crippen LogP contribution >= 0.6 is 0 Å². The standard InChI is InChI=1S/C15H27N5/c1-5-20-12-14(11-17-20)10-16-13-15(2,3)19-8-6-18(4)7-9-19/h5,11-12,16H,1,6-10,13H2,2-4H3. The average Bonchev–Trinajstić information content (AvgIpc) is 2.87. The lowest BCUT2D eigenvalue weighted by atomic mass is 10.0. The lowest BCUT2D eigenvalue weighted by Crippen LogP contribution is -2.57. The average molecular weight is 277 g/mol. The normalized spacial score (nSPS) is 18.4. The van der Waals surface area contributed by atoms with Gasteiger partial charge in [0.1, 0.15) is 0 Å². The van der Waals surface area contributed by atoms with Crippen LogP contribution < -0.4 is 5.32 Å². The zero-order valence-electron chi connectivity index (χ0n) is 13.0. The molecule has 1 fully saturated rings. The fraction of sp³-hybridized carbons (Fsp3) is 0.667. The van der Waals surface area contributed by atoms with E-state index in [1.807, 2.05) is 12.4 Å². The monoisotopic (exact) mass is 277 g/mol. The first-order valence-electron chi connectivity index (χ1n) is 7.31. The van der Waals surface area contributed by atoms with Gasteiger partial charge in [-0.3, -0.25) is 4.90 Å². The van der Waals surface area contributed by atoms with Crippen molar-refractivity contribution >= 4 is 6.20 Å². The molecule has 112 valence electrons. The maximum absolute atomic E-state index is 4.19. The van der Waals surface area contributed by atoms with Gasteiger partial charge in [-0.1, -0.05) is 6.58 Å². The van der Waals surface area contributed by atoms with Crippen LogP contribution in [0.15, 0.2) is 19.0 Å². The third kappa shape index (κ3) is 3.91. The molecule has 20 heavy (non-hydrogen) atoms. The van der Waals surface area contributed by atoms with E-state index in [1.165, 1.54) is 5.56 Å². The second-order valence-corrected chi connectivity index (χ2v) is 6.22. The minimum Gasteiger partial charge on any atom is -0.311 e. The molecule has 1 aliphatic heterocycles. The first-order chi connectivity index (χ1) is 9.51. The van der Waals surface area contributed by atoms with Crippen LogP contribution in [-0.4, -0.2) is 64.9 Å². The van der Waals surface area contributed by atoms with E-state index in [1.54, 1.807) is 10.9 Å². The molecule has 5 heteroatoms. The smallest absolute Gasteiger partial charge is 0.0538 e. The van der Waals surface area contributed by atoms with Crippen molar-refractivity contribution in [2.75, 3.05) is 39.8 Å². The number of nitrogens with one attached hydrogen (secondary N) is 1. The Bertz CT molecular complexity index is 429. The lowest BCUT2D eigenvalue weighted by molar-refractivity contribution is 0.0618. The van der Waals surface area contributed by atoms with Crippen LogP contribution in [0.3, 0.4) is 0 Å². The first kappa shape index (κ1) is 15.2. The molecule has 0 amide bonds. The largest absolute Gasteiger partial charge is 0.311 e. The van der Waals surface area contributed by atoms with Crippen LogP contribution in [0.2, 0.25) is 0 Å². The second kappa shape index (κ2) is 6.52. The third-order valence-electron chi connectivity index (χ3n) is 4.09. The molecule has 0 bridgehead atoms. The number of aromatic nitrogens is 2. The summed E-state index contributed by atoms with van der Waals surface area (Å²) in [5.41, 5.74) is 1.38. The summed E-state index contributed by atoms with van der Waals surface area (Å²) in [6.45, 7) is 14.8. The zero-order valence-corrected chi connectivity index (χ0v) is 13.0. The quantitative estimate of drug-likeness (QED) is 0.845. The number of piperazine rings is 1. The summed E-state index contributed by atoms with van der Waals surface area (Å²) < 4.78 is 1.74. The van der Waals surface area contributed by atoms with E-state index < -0.39 is 0 Å². The van der Waals surface area contributed by atoms with Crippen LogP contribution in [0.1, 0.15) is 19.4 Å². The highest BCUT2D eigenvalue weighted by molar-refractivity contribution is 5.17. The highest BCUT2D eigenvalue weighted by Crippen LogP contribution is 2.15. The van der Waals surface area contributed by atoms with E-state index in [2.05, 4.69) is 47.7 Å². The highest BCUT2D eigenvalue weighted by Gasteiger charge is 2.28. The molecule has 5 nitrogen and oxygen atoms in total. The van der Waals surface area contributed by atoms with Gasteiger partial charge in [0.2, 0.25) is 0 Å². The molecule has 2 rings (SSSR count). The topological polar surface area (TPSA) is 36.3 Å². The molecule has 0 unspecified atom stereocenters. The zero-order chi connectivity index (χ0) is 14.6. The van der Waals surface area contributed by atoms with Gasteiger partial charge in [-0.15, -0.1) is 0 Å². The van der Waals surface area contributed by atoms with E-state index in [4.69, 9.17) is 0 Å². The van der Waals surface area contributed by atoms with Crippen LogP contribution in [0.5, 0.6) is 0 Å². The van der Waals surface area contributed by atoms with Crippen molar-refractivity contribution in [2.45, 2.75) is 25.9 Å². The minimum atomic E-state index is 0.190. The molecule has 1 aromatic rings. The number of likely N-dealkylation sites (N-methyl/N-ethyl adjacent to an activating group) is 1. The van der Waals surface area contributed by atoms with Gasteiger partial charge < -0.3 is 10.2 Å². The Labute approximate surface area is 122 Å². The van der Waals surface area contributed by atoms with E-state index in [0.717, 1.165) is 39.3 Å². The van der Waals surface area contributed by atoms with E-state index in [-0.39, 0.29) is 5.54 Å². The molecule has 0 spiro atoms. The van der Waals surface area contributed by atoms with Gasteiger partial charge in [0, 0.05) is 62.8 Å². The maximum Gasteiger partial charge on any atom is 0.0538 e. The fourth-order valence-electron chi connectivity index (χ4n) is 2.60. The predicted octanol–water partition coefficient (Wildman–Crippen LogP) is 1.10. The summed E-state index contributed by atoms with van der Waals surface area (Å²) in [4.78, 5) is 4.97. The van der Waals surface area contributed by atoms with E-state index in [9.17, 15) is 0 Å². The van der Waals surface area contributed by atoms with Crippen molar-refractivity contribution in [3.63, 3.8) is 0 Å². The van der Waals surface area contributed by atoms with Crippen molar-refractivity contribution in [1.82, 2.24) is 24.9 Å². The van der Waals surface area contributed by atoms with Crippen molar-refractivity contribution < 1.29 is 0 Å². The molecule has 0 aliphatic carbocycles. The molecule has 1 N–H and O–H groups in total. The Balaban J connectivity index is 1.78. The number of hydrogen-bond donors (Lipinski definition) is 1. The molecule has 0 aromatic carbocycles. The second-order valence-electron chi connectivity index (χ2n) is 6.22. The summed E-state index contributed by atoms with van der Waals surface area (Å²) in [6, 6.07) is 0. The molecule has 2 heterocycles. The molecular weight excluding hydrogens is 250 g/mol. The molecular formula is C15H27N5. The first-order valence-corrected chi connectivity index (χ1v) is 7.31. The number of rotatable bonds is 6. The Kier molecular flexibility index (Phi) is 4.96. The lowest BCUT2D eigenvalue weighted by Gasteiger charge is -2.43. The van der Waals surface area contributed by atoms with Gasteiger partial charge in [-0.05, 0) is 20.9 Å². The van der Waals surface area contributed by atoms with Gasteiger partial charge in [-0.2, -0.15) is 5.10 Å². The summed E-state index contributed by atoms with van der Waals surface area (Å²) in [5.74, 6) is 0. The van der Waals surface area contributed by atoms with Crippen LogP contribution in [0, 0.1) is 0 Å². The van der Waals surface area contributed by atoms with E-state index >= 15 is 0 Å². The van der Waals surface area contributed by atoms with Crippen LogP contribution in [0.25, 0.3) is 6.20 Å². The van der Waals surface area contributed by atoms with Gasteiger partial charge in [0.05, 0.1) is 6.20 Å². The summed E-state index contributed by atoms with van der Waals surface area (Å²) in [5, 5.41) is 7.74. The predicted molar refractivity (Wildman–Crippen MR) is 83.5 cm³/mol. The van der Waals surface area contributed by atoms with Crippen LogP contribution in [0.4, 0.5) is 0 Å². The van der Waals surface area contributed by atoms with Crippen molar-refractivity contribution in [3.05, 3.63) is 24.5 Å². The minimum absolute atomic E-state index is 0.190. The Hall–Kier alpha value is -1.17. The van der Waals surface area contributed by atoms with Crippen molar-refractivity contribution in [1.29, 1.82) is 0 Å². The van der Waals surface area contributed by atoms with Gasteiger partial charge in [0.15, 0.2) is 0 Å². The number of nitrogens with zero attached hydrogens (tertiary/aromatic N) is 4. The maximum atomic E-state index is 4.19. The van der Waals surface area contributed by atoms with Crippen molar-refractivity contribution in [3.8, 4) is 0 Å². The summed E-state index contributed by atoms with van der Waals surface area (Å²) >= 11 is 0. The molecule has 0 saturated carbocycles. The molecule has 0 radical (unpaired) electrons. The summed E-state index contributed by atoms with van der Waals surface area (Å²) in [6.07, 6.45) is 5.60. The number of hydrogen-bond acceptors (Lipinski definition) is 4. The molecule has 1 aliphatic rings. The summed E-state index contributed by atoms with van der Waals surface area (Å²) in [7, 11) is 2.19. The van der Waals surface area contributed by atoms with Crippen molar-refractivity contribution in [2.24, 2.45) is 0 Å². The highest BCUT2D eigenvalue weighted by atomic mass is 15.3. The Morgan fingerprint density at radius 1 is 1.35 bits per heavy atom. The fourth-order valence-corrected chi connectivity index (χ4v) is 2.60. The van der Waals surface area contributed by atoms with Gasteiger partial charge >= 0.3 is 0 Å².